The Morgan fingerprint density at radius 3 is 2.31 bits per heavy atom. The Bertz CT molecular complexity index is 1350. The number of nitrogens with one attached hydrogen (secondary N) is 1. The highest BCUT2D eigenvalue weighted by molar-refractivity contribution is 6.09. The number of esters is 1. The van der Waals surface area contributed by atoms with Crippen LogP contribution in [0.2, 0.25) is 0 Å². The number of likely N-dealkylation sites (N-methyl/N-ethyl adjacent to an activating group) is 1. The minimum atomic E-state index is -0.418. The van der Waals surface area contributed by atoms with Crippen molar-refractivity contribution >= 4 is 69.7 Å². The molecule has 1 aromatic heterocycles. The quantitative estimate of drug-likeness (QED) is 0.116. The van der Waals surface area contributed by atoms with Gasteiger partial charge in [0.25, 0.3) is 5.69 Å². The minimum absolute atomic E-state index is 0. The summed E-state index contributed by atoms with van der Waals surface area (Å²) in [5.74, 6) is -0.367. The van der Waals surface area contributed by atoms with Crippen LogP contribution >= 0.6 is 24.8 Å². The van der Waals surface area contributed by atoms with Crippen LogP contribution in [-0.2, 0) is 4.74 Å². The fraction of sp³-hybridized carbons (Fsp3) is 0.231. The molecular weight excluding hydrogens is 503 g/mol. The molecule has 0 aliphatic heterocycles. The van der Waals surface area contributed by atoms with Crippen LogP contribution in [-0.4, -0.2) is 47.0 Å². The van der Waals surface area contributed by atoms with Crippen molar-refractivity contribution in [2.75, 3.05) is 31.6 Å². The summed E-state index contributed by atoms with van der Waals surface area (Å²) in [4.78, 5) is 30.1. The molecule has 190 valence electrons. The number of anilines is 2. The number of non-ortho nitro benzene ring substituents is 1. The van der Waals surface area contributed by atoms with E-state index < -0.39 is 4.92 Å². The van der Waals surface area contributed by atoms with Crippen molar-refractivity contribution in [3.63, 3.8) is 0 Å². The summed E-state index contributed by atoms with van der Waals surface area (Å²) in [6.45, 7) is 7.02. The molecule has 0 fully saturated rings. The average molecular weight is 531 g/mol. The molecular formula is C26H28Cl2N4O4. The van der Waals surface area contributed by atoms with Crippen LogP contribution in [0, 0.1) is 10.1 Å². The van der Waals surface area contributed by atoms with E-state index in [2.05, 4.69) is 29.0 Å². The molecule has 0 bridgehead atoms. The second-order valence-electron chi connectivity index (χ2n) is 7.83. The standard InChI is InChI=1S/C26H26N4O4.2ClH/c1-3-29(4-2)15-16-34-26(31)18-9-11-19(12-10-18)27-25-21-7-5-6-8-23(21)28-24-14-13-20(30(32)33)17-22(24)25;;/h5-14,17H,3-4,15-16H2,1-2H3,(H,27,28);2*1H. The van der Waals surface area contributed by atoms with Crippen molar-refractivity contribution < 1.29 is 14.5 Å². The van der Waals surface area contributed by atoms with Gasteiger partial charge in [0, 0.05) is 35.1 Å². The maximum atomic E-state index is 12.4. The van der Waals surface area contributed by atoms with Crippen LogP contribution < -0.4 is 5.32 Å². The smallest absolute Gasteiger partial charge is 0.338 e. The molecule has 0 radical (unpaired) electrons. The third kappa shape index (κ3) is 6.40. The molecule has 0 saturated heterocycles. The number of nitrogens with zero attached hydrogens (tertiary/aromatic N) is 3. The SMILES string of the molecule is CCN(CC)CCOC(=O)c1ccc(Nc2c3ccccc3nc3ccc([N+](=O)[O-])cc23)cc1.Cl.Cl. The summed E-state index contributed by atoms with van der Waals surface area (Å²) >= 11 is 0. The molecule has 0 atom stereocenters. The predicted octanol–water partition coefficient (Wildman–Crippen LogP) is 6.38. The van der Waals surface area contributed by atoms with Gasteiger partial charge in [-0.1, -0.05) is 32.0 Å². The molecule has 0 spiro atoms. The summed E-state index contributed by atoms with van der Waals surface area (Å²) in [5, 5.41) is 16.2. The summed E-state index contributed by atoms with van der Waals surface area (Å²) in [5.41, 5.74) is 3.35. The zero-order valence-corrected chi connectivity index (χ0v) is 21.6. The van der Waals surface area contributed by atoms with Crippen LogP contribution in [0.5, 0.6) is 0 Å². The van der Waals surface area contributed by atoms with Crippen molar-refractivity contribution in [2.45, 2.75) is 13.8 Å². The number of hydrogen-bond donors (Lipinski definition) is 1. The lowest BCUT2D eigenvalue weighted by Gasteiger charge is -2.17. The van der Waals surface area contributed by atoms with E-state index in [1.165, 1.54) is 12.1 Å². The van der Waals surface area contributed by atoms with Gasteiger partial charge in [0.15, 0.2) is 0 Å². The number of carbonyl (C=O) groups excluding carboxylic acids is 1. The molecule has 0 saturated carbocycles. The molecule has 0 aliphatic carbocycles. The number of benzene rings is 3. The fourth-order valence-corrected chi connectivity index (χ4v) is 3.85. The first-order valence-electron chi connectivity index (χ1n) is 11.2. The van der Waals surface area contributed by atoms with Gasteiger partial charge in [-0.2, -0.15) is 0 Å². The highest BCUT2D eigenvalue weighted by atomic mass is 35.5. The summed E-state index contributed by atoms with van der Waals surface area (Å²) in [6, 6.07) is 19.2. The number of nitro benzene ring substituents is 1. The summed E-state index contributed by atoms with van der Waals surface area (Å²) in [7, 11) is 0. The Morgan fingerprint density at radius 1 is 0.972 bits per heavy atom. The summed E-state index contributed by atoms with van der Waals surface area (Å²) in [6.07, 6.45) is 0. The number of aromatic nitrogens is 1. The van der Waals surface area contributed by atoms with Gasteiger partial charge in [0.2, 0.25) is 0 Å². The van der Waals surface area contributed by atoms with E-state index in [-0.39, 0.29) is 36.5 Å². The number of ether oxygens (including phenoxy) is 1. The van der Waals surface area contributed by atoms with Gasteiger partial charge in [0.1, 0.15) is 6.61 Å². The number of pyridine rings is 1. The number of fused-ring (bicyclic) bond motifs is 2. The van der Waals surface area contributed by atoms with Crippen molar-refractivity contribution in [3.8, 4) is 0 Å². The van der Waals surface area contributed by atoms with E-state index in [4.69, 9.17) is 4.74 Å². The Kier molecular flexibility index (Phi) is 10.4. The van der Waals surface area contributed by atoms with Crippen molar-refractivity contribution in [1.82, 2.24) is 9.88 Å². The lowest BCUT2D eigenvalue weighted by Crippen LogP contribution is -2.27. The fourth-order valence-electron chi connectivity index (χ4n) is 3.85. The molecule has 8 nitrogen and oxygen atoms in total. The zero-order valence-electron chi connectivity index (χ0n) is 20.0. The second-order valence-corrected chi connectivity index (χ2v) is 7.83. The van der Waals surface area contributed by atoms with Gasteiger partial charge in [-0.25, -0.2) is 9.78 Å². The molecule has 0 amide bonds. The first-order valence-corrected chi connectivity index (χ1v) is 11.2. The lowest BCUT2D eigenvalue weighted by molar-refractivity contribution is -0.384. The molecule has 1 heterocycles. The van der Waals surface area contributed by atoms with Crippen LogP contribution in [0.15, 0.2) is 66.7 Å². The van der Waals surface area contributed by atoms with Gasteiger partial charge < -0.3 is 15.0 Å². The van der Waals surface area contributed by atoms with Crippen molar-refractivity contribution in [1.29, 1.82) is 0 Å². The summed E-state index contributed by atoms with van der Waals surface area (Å²) < 4.78 is 5.40. The first kappa shape index (κ1) is 28.8. The van der Waals surface area contributed by atoms with Gasteiger partial charge in [-0.3, -0.25) is 10.1 Å². The molecule has 4 aromatic rings. The Morgan fingerprint density at radius 2 is 1.64 bits per heavy atom. The van der Waals surface area contributed by atoms with Crippen LogP contribution in [0.4, 0.5) is 17.1 Å². The van der Waals surface area contributed by atoms with E-state index in [1.807, 2.05) is 24.3 Å². The van der Waals surface area contributed by atoms with E-state index in [0.29, 0.717) is 29.6 Å². The molecule has 3 aromatic carbocycles. The average Bonchev–Trinajstić information content (AvgIpc) is 2.86. The zero-order chi connectivity index (χ0) is 24.1. The number of carbonyl (C=O) groups is 1. The van der Waals surface area contributed by atoms with Gasteiger partial charge >= 0.3 is 5.97 Å². The molecule has 10 heteroatoms. The first-order chi connectivity index (χ1) is 16.5. The molecule has 36 heavy (non-hydrogen) atoms. The molecule has 0 unspecified atom stereocenters. The topological polar surface area (TPSA) is 97.6 Å². The minimum Gasteiger partial charge on any atom is -0.461 e. The molecule has 4 rings (SSSR count). The largest absolute Gasteiger partial charge is 0.461 e. The Hall–Kier alpha value is -3.46. The maximum Gasteiger partial charge on any atom is 0.338 e. The third-order valence-electron chi connectivity index (χ3n) is 5.80. The normalized spacial score (nSPS) is 10.5. The van der Waals surface area contributed by atoms with E-state index >= 15 is 0 Å². The Balaban J connectivity index is 0.00000228. The Labute approximate surface area is 221 Å². The maximum absolute atomic E-state index is 12.4. The molecule has 1 N–H and O–H groups in total. The van der Waals surface area contributed by atoms with Crippen molar-refractivity contribution in [3.05, 3.63) is 82.4 Å². The van der Waals surface area contributed by atoms with Crippen molar-refractivity contribution in [2.24, 2.45) is 0 Å². The predicted molar refractivity (Wildman–Crippen MR) is 148 cm³/mol. The third-order valence-corrected chi connectivity index (χ3v) is 5.80. The number of halogens is 2. The van der Waals surface area contributed by atoms with Crippen LogP contribution in [0.3, 0.4) is 0 Å². The van der Waals surface area contributed by atoms with Gasteiger partial charge in [0.05, 0.1) is 27.2 Å². The van der Waals surface area contributed by atoms with Crippen LogP contribution in [0.25, 0.3) is 21.8 Å². The number of hydrogen-bond acceptors (Lipinski definition) is 7. The van der Waals surface area contributed by atoms with E-state index in [1.54, 1.807) is 30.3 Å². The van der Waals surface area contributed by atoms with Gasteiger partial charge in [-0.05, 0) is 49.5 Å². The number of para-hydroxylation sites is 1. The number of rotatable bonds is 9. The van der Waals surface area contributed by atoms with Crippen LogP contribution in [0.1, 0.15) is 24.2 Å². The van der Waals surface area contributed by atoms with Gasteiger partial charge in [-0.15, -0.1) is 24.8 Å². The van der Waals surface area contributed by atoms with E-state index in [0.717, 1.165) is 35.4 Å². The highest BCUT2D eigenvalue weighted by Crippen LogP contribution is 2.35. The van der Waals surface area contributed by atoms with E-state index in [9.17, 15) is 14.9 Å². The monoisotopic (exact) mass is 530 g/mol. The lowest BCUT2D eigenvalue weighted by atomic mass is 10.1. The second kappa shape index (κ2) is 13.0. The number of nitro groups is 1. The highest BCUT2D eigenvalue weighted by Gasteiger charge is 2.14. The molecule has 0 aliphatic rings.